The number of carbonyl (C=O) groups is 1. The number of Topliss-reactive ketones (excluding diaryl/α,β-unsaturated/α-hetero) is 1. The van der Waals surface area contributed by atoms with Crippen molar-refractivity contribution in [3.05, 3.63) is 24.0 Å². The topological polar surface area (TPSA) is 64.3 Å². The van der Waals surface area contributed by atoms with Gasteiger partial charge in [-0.05, 0) is 53.7 Å². The number of imidazole rings is 1. The van der Waals surface area contributed by atoms with E-state index in [1.54, 1.807) is 20.8 Å². The molecule has 2 aromatic rings. The van der Waals surface area contributed by atoms with E-state index < -0.39 is 12.0 Å². The molecule has 0 radical (unpaired) electrons. The molecule has 0 spiro atoms. The minimum Gasteiger partial charge on any atom is -0.406 e. The Morgan fingerprint density at radius 3 is 2.14 bits per heavy atom. The number of halogens is 3. The van der Waals surface area contributed by atoms with Gasteiger partial charge in [0.05, 0.1) is 16.6 Å². The molecule has 0 aliphatic rings. The highest BCUT2D eigenvalue weighted by Gasteiger charge is 2.31. The summed E-state index contributed by atoms with van der Waals surface area (Å²) in [6.07, 6.45) is -3.90. The monoisotopic (exact) mass is 402 g/mol. The molecule has 28 heavy (non-hydrogen) atoms. The number of hydrogen-bond donors (Lipinski definition) is 1. The van der Waals surface area contributed by atoms with Crippen molar-refractivity contribution >= 4 is 16.8 Å². The number of ether oxygens (including phenoxy) is 1. The number of aliphatic hydroxyl groups is 1. The molecular weight excluding hydrogens is 373 g/mol. The Kier molecular flexibility index (Phi) is 7.28. The molecule has 0 bridgehead atoms. The molecule has 0 atom stereocenters. The fourth-order valence-electron chi connectivity index (χ4n) is 2.83. The molecule has 1 aromatic heterocycles. The Balaban J connectivity index is 0.000000370. The quantitative estimate of drug-likeness (QED) is 0.771. The van der Waals surface area contributed by atoms with E-state index >= 15 is 0 Å². The van der Waals surface area contributed by atoms with E-state index in [9.17, 15) is 18.0 Å². The van der Waals surface area contributed by atoms with Gasteiger partial charge in [-0.3, -0.25) is 4.79 Å². The lowest BCUT2D eigenvalue weighted by Gasteiger charge is -2.23. The molecule has 0 aliphatic carbocycles. The third kappa shape index (κ3) is 7.50. The third-order valence-electron chi connectivity index (χ3n) is 3.72. The second-order valence-electron chi connectivity index (χ2n) is 8.25. The number of ketones is 1. The van der Waals surface area contributed by atoms with Gasteiger partial charge in [0.2, 0.25) is 0 Å². The van der Waals surface area contributed by atoms with Crippen LogP contribution in [0.3, 0.4) is 0 Å². The number of fused-ring (bicyclic) bond motifs is 1. The van der Waals surface area contributed by atoms with Crippen molar-refractivity contribution in [3.63, 3.8) is 0 Å². The highest BCUT2D eigenvalue weighted by molar-refractivity contribution is 5.79. The van der Waals surface area contributed by atoms with Crippen molar-refractivity contribution in [2.24, 2.45) is 0 Å². The largest absolute Gasteiger partial charge is 0.573 e. The lowest BCUT2D eigenvalue weighted by atomic mass is 10.0. The molecule has 8 heteroatoms. The first-order chi connectivity index (χ1) is 12.5. The molecule has 0 aliphatic heterocycles. The molecule has 2 rings (SSSR count). The Hall–Kier alpha value is -2.09. The minimum absolute atomic E-state index is 0.113. The molecule has 0 saturated heterocycles. The summed E-state index contributed by atoms with van der Waals surface area (Å²) in [6, 6.07) is 4.18. The van der Waals surface area contributed by atoms with Gasteiger partial charge >= 0.3 is 6.36 Å². The van der Waals surface area contributed by atoms with Crippen LogP contribution < -0.4 is 4.74 Å². The van der Waals surface area contributed by atoms with E-state index in [1.165, 1.54) is 18.2 Å². The van der Waals surface area contributed by atoms with Crippen LogP contribution in [0.15, 0.2) is 18.2 Å². The smallest absolute Gasteiger partial charge is 0.406 e. The van der Waals surface area contributed by atoms with Crippen molar-refractivity contribution in [1.29, 1.82) is 0 Å². The number of nitrogens with zero attached hydrogens (tertiary/aromatic N) is 2. The minimum atomic E-state index is -4.69. The first-order valence-electron chi connectivity index (χ1n) is 9.03. The first kappa shape index (κ1) is 23.9. The summed E-state index contributed by atoms with van der Waals surface area (Å²) in [4.78, 5) is 15.0. The van der Waals surface area contributed by atoms with Crippen molar-refractivity contribution in [1.82, 2.24) is 9.55 Å². The maximum absolute atomic E-state index is 12.2. The number of benzene rings is 1. The number of aromatic nitrogens is 2. The average molecular weight is 402 g/mol. The molecule has 1 heterocycles. The van der Waals surface area contributed by atoms with Crippen molar-refractivity contribution in [2.75, 3.05) is 0 Å². The second kappa shape index (κ2) is 8.51. The highest BCUT2D eigenvalue weighted by Crippen LogP contribution is 2.30. The van der Waals surface area contributed by atoms with E-state index in [0.29, 0.717) is 17.5 Å². The Morgan fingerprint density at radius 1 is 1.18 bits per heavy atom. The lowest BCUT2D eigenvalue weighted by molar-refractivity contribution is -0.274. The van der Waals surface area contributed by atoms with Gasteiger partial charge in [-0.15, -0.1) is 13.2 Å². The fraction of sp³-hybridized carbons (Fsp3) is 0.600. The molecular formula is C20H29F3N2O3. The number of aryl methyl sites for hydroxylation is 1. The second-order valence-corrected chi connectivity index (χ2v) is 8.25. The van der Waals surface area contributed by atoms with E-state index in [1.807, 2.05) is 32.3 Å². The molecule has 0 saturated carbocycles. The summed E-state index contributed by atoms with van der Waals surface area (Å²) in [7, 11) is 0. The van der Waals surface area contributed by atoms with E-state index in [4.69, 9.17) is 5.11 Å². The molecule has 158 valence electrons. The number of hydrogen-bond acceptors (Lipinski definition) is 4. The van der Waals surface area contributed by atoms with Crippen LogP contribution in [0.2, 0.25) is 0 Å². The predicted octanol–water partition coefficient (Wildman–Crippen LogP) is 5.12. The van der Waals surface area contributed by atoms with Crippen LogP contribution in [0, 0.1) is 6.92 Å². The average Bonchev–Trinajstić information content (AvgIpc) is 2.79. The van der Waals surface area contributed by atoms with Crippen LogP contribution >= 0.6 is 0 Å². The van der Waals surface area contributed by atoms with Gasteiger partial charge in [0.25, 0.3) is 0 Å². The maximum Gasteiger partial charge on any atom is 0.573 e. The normalized spacial score (nSPS) is 12.5. The molecule has 1 N–H and O–H groups in total. The van der Waals surface area contributed by atoms with E-state index in [0.717, 1.165) is 5.82 Å². The van der Waals surface area contributed by atoms with Crippen LogP contribution in [-0.2, 0) is 10.3 Å². The Morgan fingerprint density at radius 2 is 1.75 bits per heavy atom. The van der Waals surface area contributed by atoms with Gasteiger partial charge in [0.15, 0.2) is 0 Å². The Labute approximate surface area is 163 Å². The van der Waals surface area contributed by atoms with Gasteiger partial charge in [-0.2, -0.15) is 0 Å². The zero-order valence-corrected chi connectivity index (χ0v) is 17.4. The zero-order chi connectivity index (χ0) is 21.9. The van der Waals surface area contributed by atoms with Crippen molar-refractivity contribution in [3.8, 4) is 5.75 Å². The molecule has 0 fully saturated rings. The first-order valence-corrected chi connectivity index (χ1v) is 9.03. The van der Waals surface area contributed by atoms with Crippen LogP contribution in [0.4, 0.5) is 13.2 Å². The van der Waals surface area contributed by atoms with Crippen LogP contribution in [0.25, 0.3) is 11.0 Å². The summed E-state index contributed by atoms with van der Waals surface area (Å²) in [6.45, 7) is 12.8. The zero-order valence-electron chi connectivity index (χ0n) is 17.4. The summed E-state index contributed by atoms with van der Waals surface area (Å²) >= 11 is 0. The number of carbonyl (C=O) groups excluding carboxylic acids is 1. The van der Waals surface area contributed by atoms with Crippen molar-refractivity contribution in [2.45, 2.75) is 78.8 Å². The molecule has 0 unspecified atom stereocenters. The van der Waals surface area contributed by atoms with Gasteiger partial charge < -0.3 is 14.4 Å². The summed E-state index contributed by atoms with van der Waals surface area (Å²) in [5.41, 5.74) is 0.191. The number of alkyl halides is 3. The fourth-order valence-corrected chi connectivity index (χ4v) is 2.83. The van der Waals surface area contributed by atoms with Crippen LogP contribution in [-0.4, -0.2) is 32.4 Å². The molecule has 5 nitrogen and oxygen atoms in total. The van der Waals surface area contributed by atoms with Gasteiger partial charge in [0.1, 0.15) is 17.4 Å². The lowest BCUT2D eigenvalue weighted by Crippen LogP contribution is -2.23. The van der Waals surface area contributed by atoms with Crippen molar-refractivity contribution < 1.29 is 27.8 Å². The summed E-state index contributed by atoms with van der Waals surface area (Å²) in [5, 5.41) is 9.10. The predicted molar refractivity (Wildman–Crippen MR) is 102 cm³/mol. The number of rotatable bonds is 4. The summed E-state index contributed by atoms with van der Waals surface area (Å²) < 4.78 is 42.5. The van der Waals surface area contributed by atoms with E-state index in [-0.39, 0.29) is 23.5 Å². The standard InChI is InChI=1S/C13H15F3N2O.C7H14O2/c1-8-17-10-6-5-9(19-13(14,15)16)7-11(10)18(8)12(2,3)4;1-4-6(8)5-7(2,3)9/h5-7H,1-4H3;9H,4-5H2,1-3H3. The third-order valence-corrected chi connectivity index (χ3v) is 3.72. The Bertz CT molecular complexity index is 813. The van der Waals surface area contributed by atoms with Gasteiger partial charge in [0, 0.05) is 24.4 Å². The van der Waals surface area contributed by atoms with Crippen LogP contribution in [0.1, 0.15) is 60.2 Å². The van der Waals surface area contributed by atoms with Gasteiger partial charge in [-0.1, -0.05) is 6.92 Å². The SMILES string of the molecule is CCC(=O)CC(C)(C)O.Cc1nc2ccc(OC(F)(F)F)cc2n1C(C)(C)C. The highest BCUT2D eigenvalue weighted by atomic mass is 19.4. The molecule has 0 amide bonds. The van der Waals surface area contributed by atoms with Crippen LogP contribution in [0.5, 0.6) is 5.75 Å². The van der Waals surface area contributed by atoms with Gasteiger partial charge in [-0.25, -0.2) is 4.98 Å². The maximum atomic E-state index is 12.2. The molecule has 1 aromatic carbocycles. The summed E-state index contributed by atoms with van der Waals surface area (Å²) in [5.74, 6) is 0.638. The van der Waals surface area contributed by atoms with E-state index in [2.05, 4.69) is 9.72 Å².